The summed E-state index contributed by atoms with van der Waals surface area (Å²) in [5, 5.41) is 6.32. The molecule has 1 aromatic rings. The second-order valence-corrected chi connectivity index (χ2v) is 4.65. The highest BCUT2D eigenvalue weighted by Crippen LogP contribution is 2.26. The van der Waals surface area contributed by atoms with Gasteiger partial charge in [0.1, 0.15) is 0 Å². The normalized spacial score (nSPS) is 16.9. The van der Waals surface area contributed by atoms with Gasteiger partial charge < -0.3 is 10.1 Å². The summed E-state index contributed by atoms with van der Waals surface area (Å²) in [6, 6.07) is 7.89. The number of carbonyl (C=O) groups is 1. The van der Waals surface area contributed by atoms with Gasteiger partial charge in [-0.1, -0.05) is 29.4 Å². The highest BCUT2D eigenvalue weighted by molar-refractivity contribution is 5.82. The van der Waals surface area contributed by atoms with E-state index in [0.29, 0.717) is 19.7 Å². The molecule has 1 atom stereocenters. The van der Waals surface area contributed by atoms with Gasteiger partial charge in [0, 0.05) is 18.0 Å². The summed E-state index contributed by atoms with van der Waals surface area (Å²) < 4.78 is 5.58. The van der Waals surface area contributed by atoms with E-state index in [0.717, 1.165) is 24.8 Å². The van der Waals surface area contributed by atoms with Gasteiger partial charge in [0.25, 0.3) is 5.91 Å². The van der Waals surface area contributed by atoms with Gasteiger partial charge in [-0.25, -0.2) is 0 Å². The van der Waals surface area contributed by atoms with Gasteiger partial charge in [-0.05, 0) is 35.9 Å². The Morgan fingerprint density at radius 2 is 2.30 bits per heavy atom. The molecule has 1 aliphatic heterocycles. The zero-order valence-electron chi connectivity index (χ0n) is 11.3. The van der Waals surface area contributed by atoms with E-state index >= 15 is 0 Å². The molecule has 6 heteroatoms. The number of ether oxygens (including phenoxy) is 1. The molecular weight excluding hydrogens is 256 g/mol. The lowest BCUT2D eigenvalue weighted by molar-refractivity contribution is -0.134. The van der Waals surface area contributed by atoms with E-state index in [1.807, 2.05) is 24.3 Å². The third kappa shape index (κ3) is 3.73. The minimum atomic E-state index is -0.503. The van der Waals surface area contributed by atoms with Crippen molar-refractivity contribution in [1.29, 1.82) is 0 Å². The van der Waals surface area contributed by atoms with Crippen LogP contribution in [0, 0.1) is 0 Å². The Morgan fingerprint density at radius 3 is 3.15 bits per heavy atom. The van der Waals surface area contributed by atoms with Gasteiger partial charge in [-0.3, -0.25) is 4.79 Å². The third-order valence-electron chi connectivity index (χ3n) is 3.28. The fourth-order valence-corrected chi connectivity index (χ4v) is 2.27. The van der Waals surface area contributed by atoms with Crippen LogP contribution in [0.2, 0.25) is 0 Å². The molecule has 6 nitrogen and oxygen atoms in total. The fraction of sp³-hybridized carbons (Fsp3) is 0.500. The molecule has 0 saturated heterocycles. The maximum absolute atomic E-state index is 12.1. The minimum absolute atomic E-state index is 0.0964. The molecule has 0 saturated carbocycles. The van der Waals surface area contributed by atoms with Crippen molar-refractivity contribution in [2.45, 2.75) is 25.4 Å². The molecule has 0 bridgehead atoms. The number of nitrogens with zero attached hydrogens (tertiary/aromatic N) is 3. The fourth-order valence-electron chi connectivity index (χ4n) is 2.27. The van der Waals surface area contributed by atoms with E-state index in [1.54, 1.807) is 0 Å². The molecule has 0 fully saturated rings. The summed E-state index contributed by atoms with van der Waals surface area (Å²) in [4.78, 5) is 14.8. The quantitative estimate of drug-likeness (QED) is 0.374. The van der Waals surface area contributed by atoms with Crippen molar-refractivity contribution in [3.05, 3.63) is 45.8 Å². The first kappa shape index (κ1) is 14.4. The van der Waals surface area contributed by atoms with Crippen LogP contribution < -0.4 is 5.32 Å². The lowest BCUT2D eigenvalue weighted by atomic mass is 9.97. The number of hydrogen-bond acceptors (Lipinski definition) is 3. The molecular formula is C14H18N4O2. The molecule has 0 aromatic heterocycles. The first-order chi connectivity index (χ1) is 9.83. The molecule has 20 heavy (non-hydrogen) atoms. The number of amides is 1. The van der Waals surface area contributed by atoms with Crippen LogP contribution in [0.15, 0.2) is 29.4 Å². The van der Waals surface area contributed by atoms with Crippen molar-refractivity contribution in [2.75, 3.05) is 19.7 Å². The van der Waals surface area contributed by atoms with Gasteiger partial charge in [-0.2, -0.15) is 0 Å². The van der Waals surface area contributed by atoms with Crippen molar-refractivity contribution >= 4 is 5.91 Å². The molecule has 0 radical (unpaired) electrons. The standard InChI is InChI=1S/C14H18N4O2/c15-18-17-9-4-3-8-16-14(19)13-12-6-2-1-5-11(12)7-10-20-13/h1-2,5-6,13H,3-4,7-10H2,(H,16,19). The first-order valence-corrected chi connectivity index (χ1v) is 6.81. The maximum atomic E-state index is 12.1. The summed E-state index contributed by atoms with van der Waals surface area (Å²) in [5.74, 6) is -0.0964. The van der Waals surface area contributed by atoms with Gasteiger partial charge >= 0.3 is 0 Å². The summed E-state index contributed by atoms with van der Waals surface area (Å²) >= 11 is 0. The van der Waals surface area contributed by atoms with E-state index in [1.165, 1.54) is 5.56 Å². The molecule has 1 N–H and O–H groups in total. The molecule has 0 spiro atoms. The summed E-state index contributed by atoms with van der Waals surface area (Å²) in [6.07, 6.45) is 1.91. The zero-order chi connectivity index (χ0) is 14.2. The van der Waals surface area contributed by atoms with Crippen LogP contribution in [0.1, 0.15) is 30.1 Å². The van der Waals surface area contributed by atoms with Crippen molar-refractivity contribution in [1.82, 2.24) is 5.32 Å². The Balaban J connectivity index is 1.83. The van der Waals surface area contributed by atoms with Crippen LogP contribution in [-0.2, 0) is 16.0 Å². The maximum Gasteiger partial charge on any atom is 0.253 e. The number of nitrogens with one attached hydrogen (secondary N) is 1. The van der Waals surface area contributed by atoms with Crippen molar-refractivity contribution < 1.29 is 9.53 Å². The van der Waals surface area contributed by atoms with E-state index in [2.05, 4.69) is 15.3 Å². The van der Waals surface area contributed by atoms with Crippen LogP contribution in [0.4, 0.5) is 0 Å². The second-order valence-electron chi connectivity index (χ2n) is 4.65. The number of azide groups is 1. The molecule has 2 rings (SSSR count). The van der Waals surface area contributed by atoms with E-state index in [9.17, 15) is 4.79 Å². The van der Waals surface area contributed by atoms with E-state index in [-0.39, 0.29) is 5.91 Å². The van der Waals surface area contributed by atoms with Crippen molar-refractivity contribution in [2.24, 2.45) is 5.11 Å². The molecule has 1 heterocycles. The van der Waals surface area contributed by atoms with Gasteiger partial charge in [0.2, 0.25) is 0 Å². The SMILES string of the molecule is [N-]=[N+]=NCCCCNC(=O)C1OCCc2ccccc21. The highest BCUT2D eigenvalue weighted by Gasteiger charge is 2.26. The highest BCUT2D eigenvalue weighted by atomic mass is 16.5. The molecule has 1 unspecified atom stereocenters. The second kappa shape index (κ2) is 7.53. The minimum Gasteiger partial charge on any atom is -0.363 e. The van der Waals surface area contributed by atoms with Crippen LogP contribution in [0.5, 0.6) is 0 Å². The Labute approximate surface area is 117 Å². The smallest absolute Gasteiger partial charge is 0.253 e. The van der Waals surface area contributed by atoms with Gasteiger partial charge in [0.15, 0.2) is 6.10 Å². The number of hydrogen-bond donors (Lipinski definition) is 1. The predicted octanol–water partition coefficient (Wildman–Crippen LogP) is 2.51. The average molecular weight is 274 g/mol. The largest absolute Gasteiger partial charge is 0.363 e. The summed E-state index contributed by atoms with van der Waals surface area (Å²) in [5.41, 5.74) is 10.3. The topological polar surface area (TPSA) is 87.1 Å². The summed E-state index contributed by atoms with van der Waals surface area (Å²) in [7, 11) is 0. The van der Waals surface area contributed by atoms with Crippen molar-refractivity contribution in [3.8, 4) is 0 Å². The Bertz CT molecular complexity index is 512. The number of carbonyl (C=O) groups excluding carboxylic acids is 1. The van der Waals surface area contributed by atoms with Crippen LogP contribution in [0.3, 0.4) is 0 Å². The van der Waals surface area contributed by atoms with Gasteiger partial charge in [-0.15, -0.1) is 0 Å². The van der Waals surface area contributed by atoms with Crippen LogP contribution in [0.25, 0.3) is 10.4 Å². The predicted molar refractivity (Wildman–Crippen MR) is 75.1 cm³/mol. The third-order valence-corrected chi connectivity index (χ3v) is 3.28. The zero-order valence-corrected chi connectivity index (χ0v) is 11.3. The van der Waals surface area contributed by atoms with Gasteiger partial charge in [0.05, 0.1) is 6.61 Å². The van der Waals surface area contributed by atoms with E-state index in [4.69, 9.17) is 10.3 Å². The molecule has 1 aromatic carbocycles. The lowest BCUT2D eigenvalue weighted by Crippen LogP contribution is -2.34. The number of fused-ring (bicyclic) bond motifs is 1. The number of benzene rings is 1. The Hall–Kier alpha value is -2.04. The Kier molecular flexibility index (Phi) is 5.41. The monoisotopic (exact) mass is 274 g/mol. The lowest BCUT2D eigenvalue weighted by Gasteiger charge is -2.25. The average Bonchev–Trinajstić information content (AvgIpc) is 2.50. The molecule has 106 valence electrons. The number of rotatable bonds is 6. The van der Waals surface area contributed by atoms with E-state index < -0.39 is 6.10 Å². The van der Waals surface area contributed by atoms with Crippen molar-refractivity contribution in [3.63, 3.8) is 0 Å². The Morgan fingerprint density at radius 1 is 1.45 bits per heavy atom. The molecule has 1 amide bonds. The number of unbranched alkanes of at least 4 members (excludes halogenated alkanes) is 1. The van der Waals surface area contributed by atoms with Crippen LogP contribution >= 0.6 is 0 Å². The molecule has 0 aliphatic carbocycles. The molecule has 1 aliphatic rings. The first-order valence-electron chi connectivity index (χ1n) is 6.81. The van der Waals surface area contributed by atoms with Crippen LogP contribution in [-0.4, -0.2) is 25.6 Å². The summed E-state index contributed by atoms with van der Waals surface area (Å²) in [6.45, 7) is 1.61.